The Bertz CT molecular complexity index is 67.4. The minimum atomic E-state index is -5.14. The Morgan fingerprint density at radius 1 is 1.10 bits per heavy atom. The van der Waals surface area contributed by atoms with E-state index in [4.69, 9.17) is 19.2 Å². The summed E-state index contributed by atoms with van der Waals surface area (Å²) in [4.78, 5) is 24.3. The third-order valence-electron chi connectivity index (χ3n) is 0. The first-order valence-corrected chi connectivity index (χ1v) is 2.24. The van der Waals surface area contributed by atoms with Gasteiger partial charge in [-0.25, -0.2) is 0 Å². The van der Waals surface area contributed by atoms with Crippen LogP contribution in [0.3, 0.4) is 0 Å². The van der Waals surface area contributed by atoms with E-state index in [2.05, 4.69) is 0 Å². The molecule has 0 saturated heterocycles. The zero-order chi connectivity index (χ0) is 4.50. The predicted octanol–water partition coefficient (Wildman–Crippen LogP) is -14.6. The molecule has 0 fully saturated rings. The number of rotatable bonds is 0. The van der Waals surface area contributed by atoms with Crippen LogP contribution in [0.15, 0.2) is 0 Å². The van der Waals surface area contributed by atoms with Crippen LogP contribution in [-0.2, 0) is 4.57 Å². The Labute approximate surface area is 187 Å². The molecule has 0 saturated carbocycles. The fraction of sp³-hybridized carbons (Fsp3) is 0. The smallest absolute Gasteiger partial charge is 1.00 e. The minimum Gasteiger partial charge on any atom is -1.00 e. The van der Waals surface area contributed by atoms with Crippen molar-refractivity contribution in [1.82, 2.24) is 0 Å². The molecule has 0 aromatic heterocycles. The van der Waals surface area contributed by atoms with Crippen molar-refractivity contribution < 1.29 is 147 Å². The standard InChI is InChI=1S/Ca.2ClH.2K.H3O4P/c;;;;;1-5(2,3)4/h;2*1H;;;(H3,1,2,3,4)/q+2;;;2*+1;/p-4. The van der Waals surface area contributed by atoms with Gasteiger partial charge in [-0.1, -0.05) is 0 Å². The van der Waals surface area contributed by atoms with E-state index in [1.54, 1.807) is 0 Å². The van der Waals surface area contributed by atoms with Crippen LogP contribution in [0.25, 0.3) is 0 Å². The van der Waals surface area contributed by atoms with Crippen LogP contribution in [-0.4, -0.2) is 42.6 Å². The van der Waals surface area contributed by atoms with Gasteiger partial charge < -0.3 is 44.1 Å². The fourth-order valence-corrected chi connectivity index (χ4v) is 0. The maximum absolute atomic E-state index is 8.66. The average molecular weight is 285 g/mol. The largest absolute Gasteiger partial charge is 2.00 e. The van der Waals surface area contributed by atoms with Crippen molar-refractivity contribution in [3.05, 3.63) is 0 Å². The minimum absolute atomic E-state index is 0. The molecule has 0 unspecified atom stereocenters. The van der Waals surface area contributed by atoms with Gasteiger partial charge in [0.15, 0.2) is 0 Å². The van der Waals surface area contributed by atoms with Crippen molar-refractivity contribution in [2.24, 2.45) is 0 Å². The second kappa shape index (κ2) is 19.7. The number of phosphoric acid groups is 1. The molecule has 0 amide bonds. The summed E-state index contributed by atoms with van der Waals surface area (Å²) in [6, 6.07) is 0. The molecule has 4 nitrogen and oxygen atoms in total. The van der Waals surface area contributed by atoms with Crippen molar-refractivity contribution in [3.8, 4) is 0 Å². The summed E-state index contributed by atoms with van der Waals surface area (Å²) in [6.07, 6.45) is 0. The number of halogens is 2. The van der Waals surface area contributed by atoms with Crippen LogP contribution in [0.4, 0.5) is 0 Å². The Kier molecular flexibility index (Phi) is 71.5. The first-order valence-electron chi connectivity index (χ1n) is 0.748. The third kappa shape index (κ3) is 72.4. The second-order valence-electron chi connectivity index (χ2n) is 0.469. The Morgan fingerprint density at radius 2 is 1.10 bits per heavy atom. The van der Waals surface area contributed by atoms with Gasteiger partial charge in [-0.15, -0.1) is 0 Å². The zero-order valence-corrected chi connectivity index (χ0v) is 16.4. The van der Waals surface area contributed by atoms with E-state index in [-0.39, 0.29) is 165 Å². The molecule has 1 N–H and O–H groups in total. The molecular weight excluding hydrogens is 284 g/mol. The van der Waals surface area contributed by atoms with Crippen molar-refractivity contribution in [3.63, 3.8) is 0 Å². The number of hydrogen-bond donors (Lipinski definition) is 1. The quantitative estimate of drug-likeness (QED) is 0.354. The monoisotopic (exact) mass is 284 g/mol. The Morgan fingerprint density at radius 3 is 1.10 bits per heavy atom. The summed E-state index contributed by atoms with van der Waals surface area (Å²) in [6.45, 7) is 0. The zero-order valence-electron chi connectivity index (χ0n) is 5.58. The van der Waals surface area contributed by atoms with E-state index in [1.165, 1.54) is 0 Å². The van der Waals surface area contributed by atoms with Gasteiger partial charge in [-0.3, -0.25) is 0 Å². The van der Waals surface area contributed by atoms with Crippen molar-refractivity contribution >= 4 is 45.6 Å². The molecule has 10 heavy (non-hydrogen) atoms. The van der Waals surface area contributed by atoms with Gasteiger partial charge in [0.05, 0.1) is 7.82 Å². The topological polar surface area (TPSA) is 83.4 Å². The predicted molar refractivity (Wildman–Crippen MR) is 15.6 cm³/mol. The molecule has 10 heteroatoms. The molecule has 0 aliphatic rings. The Hall–Kier alpha value is 5.22. The van der Waals surface area contributed by atoms with Crippen LogP contribution in [0, 0.1) is 0 Å². The van der Waals surface area contributed by atoms with Gasteiger partial charge in [-0.05, 0) is 0 Å². The van der Waals surface area contributed by atoms with Gasteiger partial charge in [0, 0.05) is 0 Å². The summed E-state index contributed by atoms with van der Waals surface area (Å²) in [7, 11) is -5.14. The van der Waals surface area contributed by atoms with Crippen molar-refractivity contribution in [1.29, 1.82) is 0 Å². The van der Waals surface area contributed by atoms with E-state index in [0.717, 1.165) is 0 Å². The van der Waals surface area contributed by atoms with Gasteiger partial charge in [0.1, 0.15) is 0 Å². The van der Waals surface area contributed by atoms with E-state index in [9.17, 15) is 0 Å². The van der Waals surface area contributed by atoms with Crippen LogP contribution < -0.4 is 137 Å². The molecule has 0 aliphatic heterocycles. The summed E-state index contributed by atoms with van der Waals surface area (Å²) in [5, 5.41) is 0. The molecule has 0 heterocycles. The van der Waals surface area contributed by atoms with E-state index >= 15 is 0 Å². The molecule has 0 spiro atoms. The van der Waals surface area contributed by atoms with Crippen LogP contribution >= 0.6 is 7.82 Å². The van der Waals surface area contributed by atoms with Crippen molar-refractivity contribution in [2.45, 2.75) is 0 Å². The molecule has 0 aromatic rings. The molecule has 0 radical (unpaired) electrons. The maximum Gasteiger partial charge on any atom is 2.00 e. The summed E-state index contributed by atoms with van der Waals surface area (Å²) in [5.74, 6) is 0. The van der Waals surface area contributed by atoms with E-state index in [0.29, 0.717) is 0 Å². The molecule has 0 aliphatic carbocycles. The molecule has 0 bridgehead atoms. The van der Waals surface area contributed by atoms with Crippen molar-refractivity contribution in [2.75, 3.05) is 0 Å². The fourth-order valence-electron chi connectivity index (χ4n) is 0. The van der Waals surface area contributed by atoms with Gasteiger partial charge in [-0.2, -0.15) is 0 Å². The first kappa shape index (κ1) is 36.2. The summed E-state index contributed by atoms with van der Waals surface area (Å²) >= 11 is 0. The molecule has 0 aromatic carbocycles. The maximum atomic E-state index is 8.66. The van der Waals surface area contributed by atoms with Crippen LogP contribution in [0.2, 0.25) is 0 Å². The van der Waals surface area contributed by atoms with Gasteiger partial charge in [0.25, 0.3) is 0 Å². The van der Waals surface area contributed by atoms with Gasteiger partial charge in [0.2, 0.25) is 0 Å². The Balaban J connectivity index is -0.00000000800. The van der Waals surface area contributed by atoms with Gasteiger partial charge >= 0.3 is 141 Å². The molecule has 0 rings (SSSR count). The second-order valence-corrected chi connectivity index (χ2v) is 1.41. The average Bonchev–Trinajstić information content (AvgIpc) is 0.722. The summed E-state index contributed by atoms with van der Waals surface area (Å²) < 4.78 is 8.66. The molecule has 0 atom stereocenters. The van der Waals surface area contributed by atoms with E-state index < -0.39 is 7.82 Å². The normalized spacial score (nSPS) is 5.90. The molecule has 48 valence electrons. The first-order chi connectivity index (χ1) is 2.00. The number of hydrogen-bond acceptors (Lipinski definition) is 3. The summed E-state index contributed by atoms with van der Waals surface area (Å²) in [5.41, 5.74) is 0. The molecular formula is HCaCl2K2O4P. The SMILES string of the molecule is O=P([O-])([O-])O.[Ca+2].[Cl-].[Cl-].[K+].[K+]. The van der Waals surface area contributed by atoms with Crippen LogP contribution in [0.1, 0.15) is 0 Å². The third-order valence-corrected chi connectivity index (χ3v) is 0. The van der Waals surface area contributed by atoms with Crippen LogP contribution in [0.5, 0.6) is 0 Å². The van der Waals surface area contributed by atoms with E-state index in [1.807, 2.05) is 0 Å².